The van der Waals surface area contributed by atoms with Crippen LogP contribution in [0.5, 0.6) is 0 Å². The van der Waals surface area contributed by atoms with E-state index in [1.807, 2.05) is 12.1 Å². The van der Waals surface area contributed by atoms with Crippen molar-refractivity contribution in [2.75, 3.05) is 5.75 Å². The highest BCUT2D eigenvalue weighted by Crippen LogP contribution is 2.24. The highest BCUT2D eigenvalue weighted by atomic mass is 35.5. The van der Waals surface area contributed by atoms with Gasteiger partial charge in [-0.25, -0.2) is 13.4 Å². The number of nitrogens with zero attached hydrogens (tertiary/aromatic N) is 2. The van der Waals surface area contributed by atoms with Crippen molar-refractivity contribution in [3.63, 3.8) is 0 Å². The maximum absolute atomic E-state index is 11.7. The van der Waals surface area contributed by atoms with E-state index in [2.05, 4.69) is 17.1 Å². The Hall–Kier alpha value is -1.04. The second-order valence-corrected chi connectivity index (χ2v) is 10.2. The number of rotatable bonds is 10. The average Bonchev–Trinajstić information content (AvgIpc) is 2.93. The lowest BCUT2D eigenvalue weighted by Gasteiger charge is -2.08. The maximum Gasteiger partial charge on any atom is 0.166 e. The molecular formula is C19H26Cl2N2O2S. The third kappa shape index (κ3) is 6.00. The van der Waals surface area contributed by atoms with Crippen molar-refractivity contribution >= 4 is 33.0 Å². The number of benzene rings is 1. The summed E-state index contributed by atoms with van der Waals surface area (Å²) in [7, 11) is -2.89. The predicted octanol–water partition coefficient (Wildman–Crippen LogP) is 5.50. The Morgan fingerprint density at radius 1 is 1.00 bits per heavy atom. The molecule has 0 fully saturated rings. The molecule has 4 nitrogen and oxygen atoms in total. The molecule has 0 unspecified atom stereocenters. The van der Waals surface area contributed by atoms with Gasteiger partial charge in [-0.15, -0.1) is 0 Å². The van der Waals surface area contributed by atoms with Gasteiger partial charge < -0.3 is 0 Å². The molecule has 0 bridgehead atoms. The zero-order valence-corrected chi connectivity index (χ0v) is 17.6. The van der Waals surface area contributed by atoms with E-state index in [1.165, 1.54) is 5.56 Å². The van der Waals surface area contributed by atoms with Gasteiger partial charge in [0.1, 0.15) is 6.33 Å². The Morgan fingerprint density at radius 2 is 1.62 bits per heavy atom. The third-order valence-electron chi connectivity index (χ3n) is 4.50. The highest BCUT2D eigenvalue weighted by Gasteiger charge is 2.14. The summed E-state index contributed by atoms with van der Waals surface area (Å²) in [4.78, 5) is 3.98. The second kappa shape index (κ2) is 9.77. The van der Waals surface area contributed by atoms with Crippen LogP contribution in [0.4, 0.5) is 0 Å². The van der Waals surface area contributed by atoms with Crippen LogP contribution < -0.4 is 0 Å². The minimum atomic E-state index is -2.89. The van der Waals surface area contributed by atoms with Gasteiger partial charge in [0, 0.05) is 5.69 Å². The molecule has 1 heterocycles. The molecule has 7 heteroatoms. The molecule has 0 amide bonds. The molecular weight excluding hydrogens is 391 g/mol. The molecule has 0 atom stereocenters. The number of hydrogen-bond acceptors (Lipinski definition) is 3. The molecule has 0 saturated carbocycles. The Bertz CT molecular complexity index is 799. The van der Waals surface area contributed by atoms with E-state index in [0.717, 1.165) is 44.2 Å². The molecule has 0 N–H and O–H groups in total. The van der Waals surface area contributed by atoms with Crippen LogP contribution in [0.2, 0.25) is 10.3 Å². The SMILES string of the molecule is CC(C)S(=O)(=O)CCCCCCCc1ccc(-n2cnc(Cl)c2Cl)cc1. The molecule has 0 aliphatic rings. The van der Waals surface area contributed by atoms with Gasteiger partial charge in [0.05, 0.1) is 11.0 Å². The molecule has 1 aromatic heterocycles. The summed E-state index contributed by atoms with van der Waals surface area (Å²) >= 11 is 12.0. The van der Waals surface area contributed by atoms with Crippen LogP contribution in [0.3, 0.4) is 0 Å². The number of aryl methyl sites for hydroxylation is 1. The number of halogens is 2. The summed E-state index contributed by atoms with van der Waals surface area (Å²) in [5, 5.41) is 0.453. The molecule has 0 aliphatic carbocycles. The lowest BCUT2D eigenvalue weighted by atomic mass is 10.1. The third-order valence-corrected chi connectivity index (χ3v) is 7.52. The Kier molecular flexibility index (Phi) is 7.99. The molecule has 2 rings (SSSR count). The molecule has 1 aromatic carbocycles. The van der Waals surface area contributed by atoms with Gasteiger partial charge in [0.15, 0.2) is 20.1 Å². The largest absolute Gasteiger partial charge is 0.288 e. The van der Waals surface area contributed by atoms with Crippen molar-refractivity contribution < 1.29 is 8.42 Å². The number of unbranched alkanes of at least 4 members (excludes halogenated alkanes) is 4. The van der Waals surface area contributed by atoms with Crippen molar-refractivity contribution in [2.24, 2.45) is 0 Å². The number of aromatic nitrogens is 2. The first-order chi connectivity index (χ1) is 12.3. The standard InChI is InChI=1S/C19H26Cl2N2O2S/c1-15(2)26(24,25)13-7-5-3-4-6-8-16-9-11-17(12-10-16)23-14-22-18(20)19(23)21/h9-12,14-15H,3-8,13H2,1-2H3. The van der Waals surface area contributed by atoms with Crippen molar-refractivity contribution in [1.29, 1.82) is 0 Å². The average molecular weight is 417 g/mol. The smallest absolute Gasteiger partial charge is 0.166 e. The van der Waals surface area contributed by atoms with Gasteiger partial charge in [-0.2, -0.15) is 0 Å². The number of sulfone groups is 1. The minimum Gasteiger partial charge on any atom is -0.288 e. The van der Waals surface area contributed by atoms with Gasteiger partial charge in [-0.05, 0) is 50.8 Å². The maximum atomic E-state index is 11.7. The van der Waals surface area contributed by atoms with Crippen LogP contribution in [0.25, 0.3) is 5.69 Å². The fraction of sp³-hybridized carbons (Fsp3) is 0.526. The monoisotopic (exact) mass is 416 g/mol. The first kappa shape index (κ1) is 21.3. The van der Waals surface area contributed by atoms with Crippen molar-refractivity contribution in [2.45, 2.75) is 57.6 Å². The molecule has 2 aromatic rings. The van der Waals surface area contributed by atoms with Crippen molar-refractivity contribution in [1.82, 2.24) is 9.55 Å². The van der Waals surface area contributed by atoms with Gasteiger partial charge in [0.2, 0.25) is 0 Å². The normalized spacial score (nSPS) is 12.0. The quantitative estimate of drug-likeness (QED) is 0.480. The highest BCUT2D eigenvalue weighted by molar-refractivity contribution is 7.91. The molecule has 26 heavy (non-hydrogen) atoms. The van der Waals surface area contributed by atoms with Gasteiger partial charge in [0.25, 0.3) is 0 Å². The molecule has 0 aliphatic heterocycles. The number of hydrogen-bond donors (Lipinski definition) is 0. The lowest BCUT2D eigenvalue weighted by molar-refractivity contribution is 0.577. The summed E-state index contributed by atoms with van der Waals surface area (Å²) in [6.07, 6.45) is 7.67. The van der Waals surface area contributed by atoms with E-state index >= 15 is 0 Å². The van der Waals surface area contributed by atoms with Crippen LogP contribution in [-0.2, 0) is 16.3 Å². The van der Waals surface area contributed by atoms with Gasteiger partial charge in [-0.3, -0.25) is 4.57 Å². The molecule has 144 valence electrons. The Balaban J connectivity index is 1.68. The van der Waals surface area contributed by atoms with Gasteiger partial charge >= 0.3 is 0 Å². The van der Waals surface area contributed by atoms with E-state index in [9.17, 15) is 8.42 Å². The van der Waals surface area contributed by atoms with E-state index in [1.54, 1.807) is 24.7 Å². The fourth-order valence-electron chi connectivity index (χ4n) is 2.71. The zero-order chi connectivity index (χ0) is 19.2. The van der Waals surface area contributed by atoms with E-state index < -0.39 is 9.84 Å². The summed E-state index contributed by atoms with van der Waals surface area (Å²) in [6.45, 7) is 3.49. The van der Waals surface area contributed by atoms with E-state index in [0.29, 0.717) is 16.1 Å². The first-order valence-electron chi connectivity index (χ1n) is 9.00. The van der Waals surface area contributed by atoms with E-state index in [-0.39, 0.29) is 5.25 Å². The first-order valence-corrected chi connectivity index (χ1v) is 11.5. The van der Waals surface area contributed by atoms with Crippen LogP contribution >= 0.6 is 23.2 Å². The van der Waals surface area contributed by atoms with Crippen LogP contribution in [-0.4, -0.2) is 29.0 Å². The summed E-state index contributed by atoms with van der Waals surface area (Å²) in [5.41, 5.74) is 2.21. The van der Waals surface area contributed by atoms with Crippen LogP contribution in [0, 0.1) is 0 Å². The zero-order valence-electron chi connectivity index (χ0n) is 15.3. The molecule has 0 saturated heterocycles. The topological polar surface area (TPSA) is 52.0 Å². The van der Waals surface area contributed by atoms with E-state index in [4.69, 9.17) is 23.2 Å². The minimum absolute atomic E-state index is 0.265. The fourth-order valence-corrected chi connectivity index (χ4v) is 4.12. The Labute approximate surface area is 166 Å². The number of imidazole rings is 1. The molecule has 0 spiro atoms. The van der Waals surface area contributed by atoms with Crippen LogP contribution in [0.1, 0.15) is 51.5 Å². The van der Waals surface area contributed by atoms with Crippen molar-refractivity contribution in [3.05, 3.63) is 46.5 Å². The van der Waals surface area contributed by atoms with Gasteiger partial charge in [-0.1, -0.05) is 54.6 Å². The summed E-state index contributed by atoms with van der Waals surface area (Å²) < 4.78 is 25.2. The second-order valence-electron chi connectivity index (χ2n) is 6.80. The van der Waals surface area contributed by atoms with Crippen molar-refractivity contribution in [3.8, 4) is 5.69 Å². The predicted molar refractivity (Wildman–Crippen MR) is 109 cm³/mol. The summed E-state index contributed by atoms with van der Waals surface area (Å²) in [6, 6.07) is 8.20. The van der Waals surface area contributed by atoms with Crippen LogP contribution in [0.15, 0.2) is 30.6 Å². The lowest BCUT2D eigenvalue weighted by Crippen LogP contribution is -2.17. The summed E-state index contributed by atoms with van der Waals surface area (Å²) in [5.74, 6) is 0.312. The molecule has 0 radical (unpaired) electrons. The Morgan fingerprint density at radius 3 is 2.19 bits per heavy atom.